The number of carbonyl (C=O) groups is 1. The molecule has 0 heterocycles. The first-order chi connectivity index (χ1) is 10.6. The molecule has 2 saturated carbocycles. The third kappa shape index (κ3) is 2.90. The summed E-state index contributed by atoms with van der Waals surface area (Å²) in [6.07, 6.45) is 9.16. The predicted octanol–water partition coefficient (Wildman–Crippen LogP) is 4.29. The quantitative estimate of drug-likeness (QED) is 0.812. The first-order valence-corrected chi connectivity index (χ1v) is 8.63. The van der Waals surface area contributed by atoms with Crippen LogP contribution in [0.5, 0.6) is 0 Å². The lowest BCUT2D eigenvalue weighted by Gasteiger charge is -2.44. The highest BCUT2D eigenvalue weighted by atomic mass is 19.1. The lowest BCUT2D eigenvalue weighted by Crippen LogP contribution is -2.51. The lowest BCUT2D eigenvalue weighted by atomic mass is 9.63. The molecule has 0 N–H and O–H groups in total. The van der Waals surface area contributed by atoms with Crippen molar-refractivity contribution in [3.8, 4) is 0 Å². The fourth-order valence-electron chi connectivity index (χ4n) is 4.15. The fourth-order valence-corrected chi connectivity index (χ4v) is 4.15. The minimum absolute atomic E-state index is 0.190. The number of likely N-dealkylation sites (N-methyl/N-ethyl adjacent to an activating group) is 1. The number of amides is 1. The van der Waals surface area contributed by atoms with Crippen LogP contribution in [-0.4, -0.2) is 24.4 Å². The van der Waals surface area contributed by atoms with E-state index in [0.717, 1.165) is 31.4 Å². The van der Waals surface area contributed by atoms with Gasteiger partial charge in [0.25, 0.3) is 0 Å². The van der Waals surface area contributed by atoms with Crippen molar-refractivity contribution in [3.05, 3.63) is 35.6 Å². The minimum Gasteiger partial charge on any atom is -0.345 e. The van der Waals surface area contributed by atoms with Crippen LogP contribution in [0.1, 0.15) is 56.9 Å². The first kappa shape index (κ1) is 15.5. The molecule has 1 aromatic rings. The van der Waals surface area contributed by atoms with E-state index in [-0.39, 0.29) is 11.7 Å². The van der Waals surface area contributed by atoms with Gasteiger partial charge in [-0.25, -0.2) is 4.39 Å². The van der Waals surface area contributed by atoms with Crippen molar-refractivity contribution < 1.29 is 9.18 Å². The van der Waals surface area contributed by atoms with Crippen molar-refractivity contribution in [1.82, 2.24) is 4.90 Å². The maximum Gasteiger partial charge on any atom is 0.232 e. The van der Waals surface area contributed by atoms with Crippen molar-refractivity contribution in [1.29, 1.82) is 0 Å². The van der Waals surface area contributed by atoms with Crippen LogP contribution in [0.25, 0.3) is 0 Å². The SMILES string of the molecule is CN(CC1CCCCC1)C(=O)C1(c2cccc(F)c2)CCC1. The Bertz CT molecular complexity index is 532. The molecule has 0 saturated heterocycles. The van der Waals surface area contributed by atoms with Gasteiger partial charge < -0.3 is 4.90 Å². The van der Waals surface area contributed by atoms with E-state index in [1.807, 2.05) is 18.0 Å². The van der Waals surface area contributed by atoms with E-state index in [1.165, 1.54) is 38.2 Å². The van der Waals surface area contributed by atoms with E-state index in [9.17, 15) is 9.18 Å². The molecule has 120 valence electrons. The van der Waals surface area contributed by atoms with Crippen LogP contribution in [0.4, 0.5) is 4.39 Å². The molecule has 2 nitrogen and oxygen atoms in total. The number of hydrogen-bond acceptors (Lipinski definition) is 1. The second-order valence-corrected chi connectivity index (χ2v) is 7.14. The maximum absolute atomic E-state index is 13.6. The number of carbonyl (C=O) groups excluding carboxylic acids is 1. The largest absolute Gasteiger partial charge is 0.345 e. The third-order valence-electron chi connectivity index (χ3n) is 5.60. The summed E-state index contributed by atoms with van der Waals surface area (Å²) in [5, 5.41) is 0. The number of nitrogens with zero attached hydrogens (tertiary/aromatic N) is 1. The van der Waals surface area contributed by atoms with E-state index in [4.69, 9.17) is 0 Å². The van der Waals surface area contributed by atoms with Gasteiger partial charge in [-0.1, -0.05) is 37.8 Å². The molecule has 0 unspecified atom stereocenters. The molecule has 0 aromatic heterocycles. The topological polar surface area (TPSA) is 20.3 Å². The molecule has 1 amide bonds. The Morgan fingerprint density at radius 2 is 1.95 bits per heavy atom. The summed E-state index contributed by atoms with van der Waals surface area (Å²) < 4.78 is 13.6. The van der Waals surface area contributed by atoms with Gasteiger partial charge in [0.2, 0.25) is 5.91 Å². The molecule has 22 heavy (non-hydrogen) atoms. The van der Waals surface area contributed by atoms with Gasteiger partial charge in [-0.2, -0.15) is 0 Å². The molecule has 2 aliphatic carbocycles. The Labute approximate surface area is 132 Å². The van der Waals surface area contributed by atoms with E-state index in [0.29, 0.717) is 5.92 Å². The highest BCUT2D eigenvalue weighted by Gasteiger charge is 2.47. The summed E-state index contributed by atoms with van der Waals surface area (Å²) >= 11 is 0. The summed E-state index contributed by atoms with van der Waals surface area (Å²) in [5.74, 6) is 0.591. The third-order valence-corrected chi connectivity index (χ3v) is 5.60. The molecule has 1 aromatic carbocycles. The van der Waals surface area contributed by atoms with E-state index >= 15 is 0 Å². The average molecular weight is 303 g/mol. The zero-order valence-corrected chi connectivity index (χ0v) is 13.5. The zero-order valence-electron chi connectivity index (χ0n) is 13.5. The zero-order chi connectivity index (χ0) is 15.6. The van der Waals surface area contributed by atoms with Crippen LogP contribution >= 0.6 is 0 Å². The Morgan fingerprint density at radius 1 is 1.23 bits per heavy atom. The van der Waals surface area contributed by atoms with Gasteiger partial charge in [-0.15, -0.1) is 0 Å². The van der Waals surface area contributed by atoms with Crippen LogP contribution in [0.2, 0.25) is 0 Å². The van der Waals surface area contributed by atoms with Crippen LogP contribution in [-0.2, 0) is 10.2 Å². The fraction of sp³-hybridized carbons (Fsp3) is 0.632. The van der Waals surface area contributed by atoms with Crippen LogP contribution < -0.4 is 0 Å². The van der Waals surface area contributed by atoms with Crippen molar-refractivity contribution in [2.45, 2.75) is 56.8 Å². The molecular formula is C19H26FNO. The van der Waals surface area contributed by atoms with Gasteiger partial charge in [0.1, 0.15) is 5.82 Å². The van der Waals surface area contributed by atoms with Gasteiger partial charge >= 0.3 is 0 Å². The van der Waals surface area contributed by atoms with Gasteiger partial charge in [0, 0.05) is 13.6 Å². The molecular weight excluding hydrogens is 277 g/mol. The second kappa shape index (κ2) is 6.39. The van der Waals surface area contributed by atoms with Crippen molar-refractivity contribution in [3.63, 3.8) is 0 Å². The van der Waals surface area contributed by atoms with E-state index < -0.39 is 5.41 Å². The van der Waals surface area contributed by atoms with Crippen LogP contribution in [0.3, 0.4) is 0 Å². The minimum atomic E-state index is -0.467. The molecule has 0 bridgehead atoms. The van der Waals surface area contributed by atoms with Crippen molar-refractivity contribution >= 4 is 5.91 Å². The number of hydrogen-bond donors (Lipinski definition) is 0. The summed E-state index contributed by atoms with van der Waals surface area (Å²) in [7, 11) is 1.93. The Morgan fingerprint density at radius 3 is 2.55 bits per heavy atom. The molecule has 2 fully saturated rings. The van der Waals surface area contributed by atoms with Crippen LogP contribution in [0, 0.1) is 11.7 Å². The Kier molecular flexibility index (Phi) is 4.51. The van der Waals surface area contributed by atoms with Crippen LogP contribution in [0.15, 0.2) is 24.3 Å². The summed E-state index contributed by atoms with van der Waals surface area (Å²) in [6.45, 7) is 0.857. The first-order valence-electron chi connectivity index (χ1n) is 8.63. The monoisotopic (exact) mass is 303 g/mol. The van der Waals surface area contributed by atoms with Gasteiger partial charge in [-0.05, 0) is 49.3 Å². The summed E-state index contributed by atoms with van der Waals surface area (Å²) in [5.41, 5.74) is 0.394. The molecule has 0 atom stereocenters. The standard InChI is InChI=1S/C19H26FNO/c1-21(14-15-7-3-2-4-8-15)18(22)19(11-6-12-19)16-9-5-10-17(20)13-16/h5,9-10,13,15H,2-4,6-8,11-12,14H2,1H3. The van der Waals surface area contributed by atoms with E-state index in [1.54, 1.807) is 12.1 Å². The molecule has 0 radical (unpaired) electrons. The highest BCUT2D eigenvalue weighted by molar-refractivity contribution is 5.89. The smallest absolute Gasteiger partial charge is 0.232 e. The van der Waals surface area contributed by atoms with Gasteiger partial charge in [-0.3, -0.25) is 4.79 Å². The van der Waals surface area contributed by atoms with Crippen molar-refractivity contribution in [2.24, 2.45) is 5.92 Å². The molecule has 0 spiro atoms. The predicted molar refractivity (Wildman–Crippen MR) is 86.1 cm³/mol. The molecule has 2 aliphatic rings. The summed E-state index contributed by atoms with van der Waals surface area (Å²) in [4.78, 5) is 15.0. The summed E-state index contributed by atoms with van der Waals surface area (Å²) in [6, 6.07) is 6.63. The Balaban J connectivity index is 1.73. The van der Waals surface area contributed by atoms with E-state index in [2.05, 4.69) is 0 Å². The Hall–Kier alpha value is -1.38. The van der Waals surface area contributed by atoms with Gasteiger partial charge in [0.05, 0.1) is 5.41 Å². The number of benzene rings is 1. The average Bonchev–Trinajstić information content (AvgIpc) is 2.47. The molecule has 0 aliphatic heterocycles. The van der Waals surface area contributed by atoms with Crippen molar-refractivity contribution in [2.75, 3.05) is 13.6 Å². The maximum atomic E-state index is 13.6. The molecule has 3 rings (SSSR count). The lowest BCUT2D eigenvalue weighted by molar-refractivity contribution is -0.140. The van der Waals surface area contributed by atoms with Gasteiger partial charge in [0.15, 0.2) is 0 Å². The highest BCUT2D eigenvalue weighted by Crippen LogP contribution is 2.45. The number of halogens is 1. The number of rotatable bonds is 4. The molecule has 3 heteroatoms. The normalized spacial score (nSPS) is 21.2. The second-order valence-electron chi connectivity index (χ2n) is 7.14.